The molecule has 252 valence electrons. The Kier molecular flexibility index (Phi) is 12.2. The molecule has 0 fully saturated rings. The van der Waals surface area contributed by atoms with E-state index in [1.807, 2.05) is 19.1 Å². The van der Waals surface area contributed by atoms with E-state index < -0.39 is 29.5 Å². The van der Waals surface area contributed by atoms with Crippen molar-refractivity contribution in [3.8, 4) is 11.5 Å². The molecule has 0 aliphatic rings. The van der Waals surface area contributed by atoms with Crippen molar-refractivity contribution in [2.75, 3.05) is 29.6 Å². The maximum Gasteiger partial charge on any atom is 0.357 e. The van der Waals surface area contributed by atoms with Gasteiger partial charge in [-0.25, -0.2) is 32.3 Å². The number of rotatable bonds is 14. The Morgan fingerprint density at radius 3 is 2.09 bits per heavy atom. The number of methoxy groups -OCH3 is 2. The Morgan fingerprint density at radius 1 is 0.851 bits per heavy atom. The molecule has 9 N–H and O–H groups in total. The maximum absolute atomic E-state index is 13.2. The van der Waals surface area contributed by atoms with Gasteiger partial charge in [0.2, 0.25) is 5.91 Å². The van der Waals surface area contributed by atoms with Gasteiger partial charge in [-0.1, -0.05) is 24.3 Å². The van der Waals surface area contributed by atoms with Crippen LogP contribution in [-0.2, 0) is 19.2 Å². The third kappa shape index (κ3) is 8.95. The number of nitrogens with one attached hydrogen (secondary N) is 1. The fraction of sp³-hybridized carbons (Fsp3) is 0.312. The minimum Gasteiger partial charge on any atom is -0.493 e. The normalized spacial score (nSPS) is 11.6. The van der Waals surface area contributed by atoms with Crippen molar-refractivity contribution in [2.45, 2.75) is 51.6 Å². The fourth-order valence-electron chi connectivity index (χ4n) is 4.78. The third-order valence-corrected chi connectivity index (χ3v) is 7.56. The molecule has 3 rings (SSSR count). The van der Waals surface area contributed by atoms with E-state index in [-0.39, 0.29) is 25.0 Å². The summed E-state index contributed by atoms with van der Waals surface area (Å²) in [6.45, 7) is 5.17. The molecule has 0 radical (unpaired) electrons. The number of amides is 3. The van der Waals surface area contributed by atoms with Gasteiger partial charge in [0, 0.05) is 18.5 Å². The van der Waals surface area contributed by atoms with Crippen molar-refractivity contribution in [3.05, 3.63) is 77.9 Å². The lowest BCUT2D eigenvalue weighted by Gasteiger charge is -2.29. The lowest BCUT2D eigenvalue weighted by atomic mass is 9.94. The van der Waals surface area contributed by atoms with Crippen molar-refractivity contribution in [1.82, 2.24) is 5.01 Å². The number of carbonyl (C=O) groups excluding carboxylic acids is 4. The largest absolute Gasteiger partial charge is 0.493 e. The summed E-state index contributed by atoms with van der Waals surface area (Å²) in [6, 6.07) is 16.9. The molecule has 15 nitrogen and oxygen atoms in total. The summed E-state index contributed by atoms with van der Waals surface area (Å²) in [5.41, 5.74) is 1.62. The van der Waals surface area contributed by atoms with Crippen LogP contribution in [0.1, 0.15) is 50.3 Å². The average Bonchev–Trinajstić information content (AvgIpc) is 3.07. The van der Waals surface area contributed by atoms with E-state index in [2.05, 4.69) is 10.2 Å². The predicted octanol–water partition coefficient (Wildman–Crippen LogP) is 2.98. The molecule has 0 heterocycles. The van der Waals surface area contributed by atoms with Crippen LogP contribution in [0.15, 0.2) is 66.7 Å². The maximum atomic E-state index is 13.2. The van der Waals surface area contributed by atoms with Crippen LogP contribution in [0.3, 0.4) is 0 Å². The van der Waals surface area contributed by atoms with Crippen LogP contribution in [0.5, 0.6) is 11.5 Å². The van der Waals surface area contributed by atoms with E-state index in [0.29, 0.717) is 34.1 Å². The number of anilines is 3. The number of nitrogens with two attached hydrogens (primary N) is 4. The number of nitrogens with zero attached hydrogens (tertiary/aromatic N) is 3. The minimum absolute atomic E-state index is 0.152. The first-order valence-electron chi connectivity index (χ1n) is 14.5. The summed E-state index contributed by atoms with van der Waals surface area (Å²) in [4.78, 5) is 55.6. The second-order valence-electron chi connectivity index (χ2n) is 11.2. The van der Waals surface area contributed by atoms with Crippen molar-refractivity contribution >= 4 is 40.8 Å². The Bertz CT molecular complexity index is 1580. The zero-order valence-electron chi connectivity index (χ0n) is 27.1. The zero-order chi connectivity index (χ0) is 34.9. The number of hydrogen-bond acceptors (Lipinski definition) is 12. The van der Waals surface area contributed by atoms with Crippen molar-refractivity contribution in [1.29, 1.82) is 0 Å². The molecule has 0 saturated carbocycles. The highest BCUT2D eigenvalue weighted by atomic mass is 16.7. The van der Waals surface area contributed by atoms with Gasteiger partial charge in [-0.3, -0.25) is 19.4 Å². The van der Waals surface area contributed by atoms with Gasteiger partial charge in [-0.15, -0.1) is 0 Å². The van der Waals surface area contributed by atoms with Gasteiger partial charge in [-0.05, 0) is 74.4 Å². The van der Waals surface area contributed by atoms with Crippen molar-refractivity contribution in [3.63, 3.8) is 0 Å². The summed E-state index contributed by atoms with van der Waals surface area (Å²) in [5, 5.41) is 5.90. The third-order valence-electron chi connectivity index (χ3n) is 7.56. The molecule has 3 amide bonds. The molecule has 3 aromatic carbocycles. The summed E-state index contributed by atoms with van der Waals surface area (Å²) in [6.07, 6.45) is -0.727. The van der Waals surface area contributed by atoms with E-state index in [4.69, 9.17) is 32.9 Å². The number of Topliss-reactive ketones (excluding diaryl/α,β-unsaturated/α-hetero) is 1. The lowest BCUT2D eigenvalue weighted by Crippen LogP contribution is -2.51. The smallest absolute Gasteiger partial charge is 0.357 e. The predicted molar refractivity (Wildman–Crippen MR) is 177 cm³/mol. The zero-order valence-corrected chi connectivity index (χ0v) is 27.1. The quantitative estimate of drug-likeness (QED) is 0.0965. The lowest BCUT2D eigenvalue weighted by molar-refractivity contribution is -0.147. The SMILES string of the molecule is COc1ccc(C(CC(=O)ON)N(N)C(=O)CCC(=O)C(C)(C)Nc2ccc(N(N)C(=O)N(N)c3ccccc3C)cc2)cc1OC. The van der Waals surface area contributed by atoms with Gasteiger partial charge < -0.3 is 19.6 Å². The molecule has 0 bridgehead atoms. The Labute approximate surface area is 273 Å². The molecule has 15 heteroatoms. The van der Waals surface area contributed by atoms with Gasteiger partial charge in [0.15, 0.2) is 17.3 Å². The van der Waals surface area contributed by atoms with Crippen molar-refractivity contribution < 1.29 is 33.5 Å². The monoisotopic (exact) mass is 650 g/mol. The summed E-state index contributed by atoms with van der Waals surface area (Å²) < 4.78 is 10.6. The van der Waals surface area contributed by atoms with Crippen LogP contribution in [-0.4, -0.2) is 48.5 Å². The molecule has 0 aromatic heterocycles. The molecular weight excluding hydrogens is 608 g/mol. The number of aryl methyl sites for hydroxylation is 1. The summed E-state index contributed by atoms with van der Waals surface area (Å²) in [5.74, 6) is 22.5. The summed E-state index contributed by atoms with van der Waals surface area (Å²) >= 11 is 0. The van der Waals surface area contributed by atoms with E-state index in [9.17, 15) is 19.2 Å². The van der Waals surface area contributed by atoms with Gasteiger partial charge in [-0.2, -0.15) is 5.90 Å². The topological polar surface area (TPSA) is 222 Å². The molecule has 0 aliphatic heterocycles. The van der Waals surface area contributed by atoms with Gasteiger partial charge in [0.25, 0.3) is 0 Å². The van der Waals surface area contributed by atoms with Crippen LogP contribution in [0.2, 0.25) is 0 Å². The molecule has 1 unspecified atom stereocenters. The van der Waals surface area contributed by atoms with Crippen molar-refractivity contribution in [2.24, 2.45) is 23.4 Å². The second-order valence-corrected chi connectivity index (χ2v) is 11.2. The van der Waals surface area contributed by atoms with Gasteiger partial charge >= 0.3 is 12.0 Å². The number of benzene rings is 3. The molecule has 47 heavy (non-hydrogen) atoms. The van der Waals surface area contributed by atoms with Crippen LogP contribution in [0, 0.1) is 6.92 Å². The standard InChI is InChI=1S/C32H42N8O7/c1-20-8-6-7-9-24(20)40(35)31(44)38(33)23-13-11-22(12-14-23)37-32(2,3)28(41)16-17-29(42)39(34)25(19-30(43)47-36)21-10-15-26(45-4)27(18-21)46-5/h6-15,18,25,37H,16-17,19,33-36H2,1-5H3. The van der Waals surface area contributed by atoms with Crippen LogP contribution in [0.25, 0.3) is 0 Å². The fourth-order valence-corrected chi connectivity index (χ4v) is 4.78. The van der Waals surface area contributed by atoms with Crippen LogP contribution < -0.4 is 48.2 Å². The molecule has 0 spiro atoms. The van der Waals surface area contributed by atoms with Gasteiger partial charge in [0.1, 0.15) is 0 Å². The van der Waals surface area contributed by atoms with E-state index in [1.165, 1.54) is 14.2 Å². The van der Waals surface area contributed by atoms with E-state index in [0.717, 1.165) is 20.6 Å². The molecule has 0 aliphatic carbocycles. The molecule has 3 aromatic rings. The number of ketones is 1. The Hall–Kier alpha value is -5.22. The number of carbonyl (C=O) groups is 4. The first-order chi connectivity index (χ1) is 22.2. The number of para-hydroxylation sites is 1. The highest BCUT2D eigenvalue weighted by molar-refractivity contribution is 6.02. The second kappa shape index (κ2) is 15.9. The average molecular weight is 651 g/mol. The summed E-state index contributed by atoms with van der Waals surface area (Å²) in [7, 11) is 2.92. The Balaban J connectivity index is 1.64. The number of ether oxygens (including phenoxy) is 2. The first-order valence-corrected chi connectivity index (χ1v) is 14.5. The highest BCUT2D eigenvalue weighted by Gasteiger charge is 2.31. The number of urea groups is 1. The van der Waals surface area contributed by atoms with E-state index in [1.54, 1.807) is 68.4 Å². The minimum atomic E-state index is -1.09. The van der Waals surface area contributed by atoms with Gasteiger partial charge in [0.05, 0.1) is 43.6 Å². The first kappa shape index (κ1) is 36.3. The molecule has 1 atom stereocenters. The number of hydrogen-bond donors (Lipinski definition) is 5. The molecule has 0 saturated heterocycles. The number of hydrazine groups is 3. The van der Waals surface area contributed by atoms with E-state index >= 15 is 0 Å². The molecular formula is C32H42N8O7. The Morgan fingerprint density at radius 2 is 1.49 bits per heavy atom. The van der Waals surface area contributed by atoms with Crippen LogP contribution in [0.4, 0.5) is 21.9 Å². The highest BCUT2D eigenvalue weighted by Crippen LogP contribution is 2.33. The van der Waals surface area contributed by atoms with Crippen LogP contribution >= 0.6 is 0 Å².